The van der Waals surface area contributed by atoms with Gasteiger partial charge in [0.15, 0.2) is 22.6 Å². The molecule has 106 valence electrons. The third kappa shape index (κ3) is 2.02. The van der Waals surface area contributed by atoms with Gasteiger partial charge in [0, 0.05) is 6.07 Å². The summed E-state index contributed by atoms with van der Waals surface area (Å²) in [6, 6.07) is 0.514. The number of benzene rings is 1. The van der Waals surface area contributed by atoms with Crippen LogP contribution in [0.5, 0.6) is 0 Å². The zero-order chi connectivity index (χ0) is 15.0. The van der Waals surface area contributed by atoms with Gasteiger partial charge < -0.3 is 9.15 Å². The Labute approximate surface area is 108 Å². The number of rotatable bonds is 2. The van der Waals surface area contributed by atoms with Crippen LogP contribution in [-0.2, 0) is 4.74 Å². The van der Waals surface area contributed by atoms with Crippen LogP contribution < -0.4 is 5.43 Å². The van der Waals surface area contributed by atoms with Crippen LogP contribution in [0.1, 0.15) is 17.5 Å². The van der Waals surface area contributed by atoms with E-state index in [2.05, 4.69) is 9.15 Å². The van der Waals surface area contributed by atoms with Crippen molar-refractivity contribution in [2.24, 2.45) is 0 Å². The predicted octanol–water partition coefficient (Wildman–Crippen LogP) is 2.53. The van der Waals surface area contributed by atoms with E-state index in [1.165, 1.54) is 6.92 Å². The molecular weight excluding hydrogens is 284 g/mol. The Kier molecular flexibility index (Phi) is 3.47. The molecule has 0 amide bonds. The molecule has 0 aliphatic heterocycles. The van der Waals surface area contributed by atoms with Crippen LogP contribution in [0.3, 0.4) is 0 Å². The molecule has 0 saturated heterocycles. The Hall–Kier alpha value is -2.38. The maximum Gasteiger partial charge on any atom is 0.374 e. The smallest absolute Gasteiger partial charge is 0.374 e. The molecule has 0 spiro atoms. The lowest BCUT2D eigenvalue weighted by atomic mass is 10.2. The van der Waals surface area contributed by atoms with Gasteiger partial charge in [-0.1, -0.05) is 0 Å². The van der Waals surface area contributed by atoms with Crippen molar-refractivity contribution in [3.05, 3.63) is 45.3 Å². The first-order valence-electron chi connectivity index (χ1n) is 5.35. The lowest BCUT2D eigenvalue weighted by Crippen LogP contribution is -2.13. The lowest BCUT2D eigenvalue weighted by Gasteiger charge is -2.05. The molecule has 1 aromatic heterocycles. The van der Waals surface area contributed by atoms with Crippen LogP contribution in [0.15, 0.2) is 15.3 Å². The van der Waals surface area contributed by atoms with Crippen molar-refractivity contribution in [2.75, 3.05) is 6.61 Å². The summed E-state index contributed by atoms with van der Waals surface area (Å²) in [7, 11) is 0. The molecule has 1 heterocycles. The Morgan fingerprint density at radius 2 is 1.75 bits per heavy atom. The van der Waals surface area contributed by atoms with E-state index in [1.54, 1.807) is 0 Å². The average Bonchev–Trinajstić information content (AvgIpc) is 2.42. The minimum absolute atomic E-state index is 0.0603. The number of ether oxygens (including phenoxy) is 1. The van der Waals surface area contributed by atoms with Crippen LogP contribution in [0.25, 0.3) is 11.0 Å². The van der Waals surface area contributed by atoms with Gasteiger partial charge in [-0.25, -0.2) is 18.0 Å². The van der Waals surface area contributed by atoms with Crippen molar-refractivity contribution in [2.45, 2.75) is 6.92 Å². The van der Waals surface area contributed by atoms with Gasteiger partial charge in [0.25, 0.3) is 0 Å². The number of fused-ring (bicyclic) bond motifs is 1. The van der Waals surface area contributed by atoms with Crippen LogP contribution in [0.4, 0.5) is 17.6 Å². The molecule has 1 aromatic carbocycles. The van der Waals surface area contributed by atoms with Crippen LogP contribution >= 0.6 is 0 Å². The van der Waals surface area contributed by atoms with Crippen molar-refractivity contribution < 1.29 is 31.5 Å². The topological polar surface area (TPSA) is 56.5 Å². The summed E-state index contributed by atoms with van der Waals surface area (Å²) in [5, 5.41) is -1.12. The minimum atomic E-state index is -2.14. The molecule has 0 aliphatic rings. The highest BCUT2D eigenvalue weighted by atomic mass is 19.2. The fourth-order valence-corrected chi connectivity index (χ4v) is 1.56. The van der Waals surface area contributed by atoms with Gasteiger partial charge in [-0.3, -0.25) is 4.79 Å². The SMILES string of the molecule is CCOC(=O)c1cc(=O)c2c(F)c(F)c(F)c(F)c2o1. The monoisotopic (exact) mass is 290 g/mol. The van der Waals surface area contributed by atoms with E-state index in [1.807, 2.05) is 0 Å². The van der Waals surface area contributed by atoms with Crippen LogP contribution in [-0.4, -0.2) is 12.6 Å². The molecule has 4 nitrogen and oxygen atoms in total. The normalized spacial score (nSPS) is 10.8. The van der Waals surface area contributed by atoms with Crippen LogP contribution in [0, 0.1) is 23.3 Å². The van der Waals surface area contributed by atoms with Gasteiger partial charge in [0.1, 0.15) is 5.39 Å². The molecule has 20 heavy (non-hydrogen) atoms. The average molecular weight is 290 g/mol. The summed E-state index contributed by atoms with van der Waals surface area (Å²) >= 11 is 0. The number of hydrogen-bond acceptors (Lipinski definition) is 4. The quantitative estimate of drug-likeness (QED) is 0.369. The molecule has 0 saturated carbocycles. The Morgan fingerprint density at radius 3 is 2.35 bits per heavy atom. The number of halogens is 4. The summed E-state index contributed by atoms with van der Waals surface area (Å²) < 4.78 is 62.1. The van der Waals surface area contributed by atoms with Crippen molar-refractivity contribution in [1.82, 2.24) is 0 Å². The molecule has 0 bridgehead atoms. The first-order chi connectivity index (χ1) is 9.38. The van der Waals surface area contributed by atoms with Crippen molar-refractivity contribution in [1.29, 1.82) is 0 Å². The first-order valence-corrected chi connectivity index (χ1v) is 5.35. The molecule has 0 atom stereocenters. The standard InChI is InChI=1S/C12H6F4O4/c1-2-19-12(18)5-3-4(17)6-7(13)8(14)9(15)10(16)11(6)20-5/h3H,2H2,1H3. The molecule has 2 aromatic rings. The predicted molar refractivity (Wildman–Crippen MR) is 58.3 cm³/mol. The lowest BCUT2D eigenvalue weighted by molar-refractivity contribution is 0.0490. The van der Waals surface area contributed by atoms with E-state index in [-0.39, 0.29) is 6.61 Å². The fourth-order valence-electron chi connectivity index (χ4n) is 1.56. The van der Waals surface area contributed by atoms with E-state index in [0.29, 0.717) is 6.07 Å². The molecule has 0 fully saturated rings. The summed E-state index contributed by atoms with van der Waals surface area (Å²) in [4.78, 5) is 22.9. The summed E-state index contributed by atoms with van der Waals surface area (Å²) in [5.41, 5.74) is -2.42. The zero-order valence-electron chi connectivity index (χ0n) is 9.93. The molecule has 8 heteroatoms. The van der Waals surface area contributed by atoms with Crippen molar-refractivity contribution >= 4 is 16.9 Å². The second-order valence-corrected chi connectivity index (χ2v) is 3.66. The van der Waals surface area contributed by atoms with Gasteiger partial charge in [-0.15, -0.1) is 0 Å². The van der Waals surface area contributed by atoms with Gasteiger partial charge in [-0.2, -0.15) is 4.39 Å². The molecular formula is C12H6F4O4. The van der Waals surface area contributed by atoms with Gasteiger partial charge in [-0.05, 0) is 6.92 Å². The largest absolute Gasteiger partial charge is 0.460 e. The fraction of sp³-hybridized carbons (Fsp3) is 0.167. The number of esters is 1. The molecule has 0 aliphatic carbocycles. The second-order valence-electron chi connectivity index (χ2n) is 3.66. The maximum atomic E-state index is 13.5. The van der Waals surface area contributed by atoms with Gasteiger partial charge >= 0.3 is 5.97 Å². The minimum Gasteiger partial charge on any atom is -0.460 e. The molecule has 2 rings (SSSR count). The number of carbonyl (C=O) groups excluding carboxylic acids is 1. The van der Waals surface area contributed by atoms with Crippen LogP contribution in [0.2, 0.25) is 0 Å². The highest BCUT2D eigenvalue weighted by Gasteiger charge is 2.26. The van der Waals surface area contributed by atoms with E-state index in [0.717, 1.165) is 0 Å². The summed E-state index contributed by atoms with van der Waals surface area (Å²) in [6.45, 7) is 1.40. The maximum absolute atomic E-state index is 13.5. The van der Waals surface area contributed by atoms with E-state index in [4.69, 9.17) is 0 Å². The van der Waals surface area contributed by atoms with Gasteiger partial charge in [0.05, 0.1) is 6.61 Å². The number of carbonyl (C=O) groups is 1. The molecule has 0 N–H and O–H groups in total. The Balaban J connectivity index is 2.85. The summed E-state index contributed by atoms with van der Waals surface area (Å²) in [5.74, 6) is -9.92. The molecule has 0 radical (unpaired) electrons. The molecule has 0 unspecified atom stereocenters. The van der Waals surface area contributed by atoms with E-state index in [9.17, 15) is 27.2 Å². The summed E-state index contributed by atoms with van der Waals surface area (Å²) in [6.07, 6.45) is 0. The Bertz CT molecular complexity index is 766. The van der Waals surface area contributed by atoms with Crippen molar-refractivity contribution in [3.63, 3.8) is 0 Å². The highest BCUT2D eigenvalue weighted by molar-refractivity contribution is 5.89. The van der Waals surface area contributed by atoms with E-state index < -0.39 is 51.4 Å². The van der Waals surface area contributed by atoms with Crippen molar-refractivity contribution in [3.8, 4) is 0 Å². The third-order valence-corrected chi connectivity index (χ3v) is 2.42. The zero-order valence-corrected chi connectivity index (χ0v) is 9.93. The third-order valence-electron chi connectivity index (χ3n) is 2.42. The van der Waals surface area contributed by atoms with Gasteiger partial charge in [0.2, 0.25) is 17.4 Å². The number of hydrogen-bond donors (Lipinski definition) is 0. The second kappa shape index (κ2) is 4.95. The van der Waals surface area contributed by atoms with E-state index >= 15 is 0 Å². The highest BCUT2D eigenvalue weighted by Crippen LogP contribution is 2.25. The first kappa shape index (κ1) is 14.0. The Morgan fingerprint density at radius 1 is 1.15 bits per heavy atom.